The molecule has 0 aromatic carbocycles. The number of hydrogen-bond donors (Lipinski definition) is 2. The van der Waals surface area contributed by atoms with Crippen LogP contribution in [0.1, 0.15) is 36.2 Å². The van der Waals surface area contributed by atoms with E-state index in [-0.39, 0.29) is 11.9 Å². The third-order valence-corrected chi connectivity index (χ3v) is 5.31. The predicted molar refractivity (Wildman–Crippen MR) is 97.1 cm³/mol. The normalized spacial score (nSPS) is 24.3. The lowest BCUT2D eigenvalue weighted by Gasteiger charge is -2.39. The van der Waals surface area contributed by atoms with Crippen LogP contribution in [0.3, 0.4) is 0 Å². The largest absolute Gasteiger partial charge is 0.348 e. The number of amides is 1. The highest BCUT2D eigenvalue weighted by molar-refractivity contribution is 5.92. The average molecular weight is 355 g/mol. The summed E-state index contributed by atoms with van der Waals surface area (Å²) in [5, 5.41) is 6.55. The van der Waals surface area contributed by atoms with Gasteiger partial charge in [0.25, 0.3) is 5.91 Å². The second kappa shape index (κ2) is 7.92. The molecule has 0 radical (unpaired) electrons. The number of nitrogens with one attached hydrogen (secondary N) is 2. The van der Waals surface area contributed by atoms with Gasteiger partial charge in [0.1, 0.15) is 12.0 Å². The van der Waals surface area contributed by atoms with Gasteiger partial charge in [-0.3, -0.25) is 14.3 Å². The van der Waals surface area contributed by atoms with E-state index in [0.717, 1.165) is 51.9 Å². The Morgan fingerprint density at radius 2 is 1.96 bits per heavy atom. The van der Waals surface area contributed by atoms with Crippen LogP contribution < -0.4 is 10.6 Å². The Hall–Kier alpha value is -2.32. The molecule has 138 valence electrons. The van der Waals surface area contributed by atoms with Gasteiger partial charge in [0.2, 0.25) is 5.95 Å². The summed E-state index contributed by atoms with van der Waals surface area (Å²) < 4.78 is 1.69. The van der Waals surface area contributed by atoms with Gasteiger partial charge in [-0.05, 0) is 31.7 Å². The van der Waals surface area contributed by atoms with Crippen LogP contribution in [-0.2, 0) is 0 Å². The molecule has 0 unspecified atom stereocenters. The first-order chi connectivity index (χ1) is 12.8. The van der Waals surface area contributed by atoms with Crippen molar-refractivity contribution >= 4 is 5.91 Å². The lowest BCUT2D eigenvalue weighted by atomic mass is 9.89. The van der Waals surface area contributed by atoms with Gasteiger partial charge in [0.15, 0.2) is 0 Å². The molecule has 1 saturated carbocycles. The summed E-state index contributed by atoms with van der Waals surface area (Å²) in [7, 11) is 0. The molecule has 8 heteroatoms. The lowest BCUT2D eigenvalue weighted by molar-refractivity contribution is 0.0889. The van der Waals surface area contributed by atoms with Crippen molar-refractivity contribution in [1.82, 2.24) is 35.1 Å². The van der Waals surface area contributed by atoms with E-state index >= 15 is 0 Å². The van der Waals surface area contributed by atoms with Crippen LogP contribution >= 0.6 is 0 Å². The van der Waals surface area contributed by atoms with E-state index in [1.54, 1.807) is 35.6 Å². The molecule has 2 aromatic heterocycles. The average Bonchev–Trinajstić information content (AvgIpc) is 3.24. The Balaban J connectivity index is 1.32. The van der Waals surface area contributed by atoms with Crippen LogP contribution in [0.25, 0.3) is 5.95 Å². The van der Waals surface area contributed by atoms with Gasteiger partial charge in [-0.25, -0.2) is 15.0 Å². The van der Waals surface area contributed by atoms with E-state index in [2.05, 4.69) is 30.5 Å². The van der Waals surface area contributed by atoms with E-state index in [9.17, 15) is 4.79 Å². The second-order valence-electron chi connectivity index (χ2n) is 6.98. The minimum absolute atomic E-state index is 0.126. The SMILES string of the molecule is O=C(NC1CCC(N2CCNCC2)CC1)c1ccnc(-n2ccnc2)n1. The Labute approximate surface area is 153 Å². The highest BCUT2D eigenvalue weighted by Gasteiger charge is 2.27. The molecule has 2 aromatic rings. The first kappa shape index (κ1) is 17.1. The molecule has 8 nitrogen and oxygen atoms in total. The fraction of sp³-hybridized carbons (Fsp3) is 0.556. The maximum atomic E-state index is 12.6. The summed E-state index contributed by atoms with van der Waals surface area (Å²) in [6, 6.07) is 2.55. The van der Waals surface area contributed by atoms with Gasteiger partial charge < -0.3 is 10.6 Å². The quantitative estimate of drug-likeness (QED) is 0.835. The fourth-order valence-corrected chi connectivity index (χ4v) is 3.87. The molecule has 1 amide bonds. The van der Waals surface area contributed by atoms with E-state index in [0.29, 0.717) is 17.7 Å². The molecule has 0 atom stereocenters. The number of carbonyl (C=O) groups is 1. The van der Waals surface area contributed by atoms with Crippen LogP contribution in [0.5, 0.6) is 0 Å². The molecule has 4 rings (SSSR count). The van der Waals surface area contributed by atoms with Gasteiger partial charge in [-0.1, -0.05) is 0 Å². The van der Waals surface area contributed by atoms with Gasteiger partial charge in [0, 0.05) is 56.9 Å². The highest BCUT2D eigenvalue weighted by Crippen LogP contribution is 2.23. The number of aromatic nitrogens is 4. The molecule has 2 fully saturated rings. The minimum atomic E-state index is -0.126. The zero-order chi connectivity index (χ0) is 17.8. The van der Waals surface area contributed by atoms with Crippen LogP contribution in [0, 0.1) is 0 Å². The van der Waals surface area contributed by atoms with Crippen molar-refractivity contribution in [2.75, 3.05) is 26.2 Å². The summed E-state index contributed by atoms with van der Waals surface area (Å²) in [6.07, 6.45) is 11.0. The first-order valence-corrected chi connectivity index (χ1v) is 9.36. The number of carbonyl (C=O) groups excluding carboxylic acids is 1. The van der Waals surface area contributed by atoms with Gasteiger partial charge in [-0.15, -0.1) is 0 Å². The molecule has 0 spiro atoms. The third-order valence-electron chi connectivity index (χ3n) is 5.31. The molecule has 1 saturated heterocycles. The summed E-state index contributed by atoms with van der Waals surface area (Å²) in [4.78, 5) is 27.7. The Kier molecular flexibility index (Phi) is 5.21. The number of nitrogens with zero attached hydrogens (tertiary/aromatic N) is 5. The summed E-state index contributed by atoms with van der Waals surface area (Å²) >= 11 is 0. The molecule has 1 aliphatic heterocycles. The van der Waals surface area contributed by atoms with Gasteiger partial charge >= 0.3 is 0 Å². The van der Waals surface area contributed by atoms with Crippen LogP contribution in [-0.4, -0.2) is 68.6 Å². The van der Waals surface area contributed by atoms with E-state index in [1.165, 1.54) is 0 Å². The monoisotopic (exact) mass is 355 g/mol. The number of piperazine rings is 1. The van der Waals surface area contributed by atoms with Crippen LogP contribution in [0.15, 0.2) is 31.0 Å². The van der Waals surface area contributed by atoms with Crippen molar-refractivity contribution in [2.45, 2.75) is 37.8 Å². The van der Waals surface area contributed by atoms with E-state index in [4.69, 9.17) is 0 Å². The van der Waals surface area contributed by atoms with Crippen molar-refractivity contribution in [3.05, 3.63) is 36.7 Å². The fourth-order valence-electron chi connectivity index (χ4n) is 3.87. The molecule has 2 N–H and O–H groups in total. The number of rotatable bonds is 4. The number of hydrogen-bond acceptors (Lipinski definition) is 6. The highest BCUT2D eigenvalue weighted by atomic mass is 16.1. The Morgan fingerprint density at radius 3 is 2.69 bits per heavy atom. The zero-order valence-corrected chi connectivity index (χ0v) is 14.8. The zero-order valence-electron chi connectivity index (χ0n) is 14.8. The van der Waals surface area contributed by atoms with Gasteiger partial charge in [0.05, 0.1) is 0 Å². The Morgan fingerprint density at radius 1 is 1.15 bits per heavy atom. The Bertz CT molecular complexity index is 719. The summed E-state index contributed by atoms with van der Waals surface area (Å²) in [5.41, 5.74) is 0.396. The van der Waals surface area contributed by atoms with Crippen LogP contribution in [0.4, 0.5) is 0 Å². The van der Waals surface area contributed by atoms with Gasteiger partial charge in [-0.2, -0.15) is 0 Å². The molecule has 26 heavy (non-hydrogen) atoms. The standard InChI is InChI=1S/C18H25N7O/c26-17(16-5-6-21-18(23-16)25-12-9-20-13-25)22-14-1-3-15(4-2-14)24-10-7-19-8-11-24/h5-6,9,12-15,19H,1-4,7-8,10-11H2,(H,22,26). The van der Waals surface area contributed by atoms with Crippen molar-refractivity contribution in [3.63, 3.8) is 0 Å². The maximum absolute atomic E-state index is 12.6. The van der Waals surface area contributed by atoms with Crippen molar-refractivity contribution in [1.29, 1.82) is 0 Å². The summed E-state index contributed by atoms with van der Waals surface area (Å²) in [6.45, 7) is 4.45. The molecule has 1 aliphatic carbocycles. The van der Waals surface area contributed by atoms with E-state index in [1.807, 2.05) is 0 Å². The first-order valence-electron chi connectivity index (χ1n) is 9.36. The number of imidazole rings is 1. The van der Waals surface area contributed by atoms with E-state index < -0.39 is 0 Å². The third kappa shape index (κ3) is 3.91. The smallest absolute Gasteiger partial charge is 0.270 e. The minimum Gasteiger partial charge on any atom is -0.348 e. The second-order valence-corrected chi connectivity index (χ2v) is 6.98. The lowest BCUT2D eigenvalue weighted by Crippen LogP contribution is -2.50. The molecule has 3 heterocycles. The maximum Gasteiger partial charge on any atom is 0.270 e. The van der Waals surface area contributed by atoms with Crippen molar-refractivity contribution in [2.24, 2.45) is 0 Å². The van der Waals surface area contributed by atoms with Crippen molar-refractivity contribution in [3.8, 4) is 5.95 Å². The molecular weight excluding hydrogens is 330 g/mol. The predicted octanol–water partition coefficient (Wildman–Crippen LogP) is 0.609. The topological polar surface area (TPSA) is 88.0 Å². The van der Waals surface area contributed by atoms with Crippen molar-refractivity contribution < 1.29 is 4.79 Å². The summed E-state index contributed by atoms with van der Waals surface area (Å²) in [5.74, 6) is 0.331. The molecule has 2 aliphatic rings. The van der Waals surface area contributed by atoms with Crippen LogP contribution in [0.2, 0.25) is 0 Å². The molecule has 0 bridgehead atoms. The molecular formula is C18H25N7O.